The van der Waals surface area contributed by atoms with E-state index in [4.69, 9.17) is 9.47 Å². The fourth-order valence-corrected chi connectivity index (χ4v) is 8.40. The van der Waals surface area contributed by atoms with Gasteiger partial charge < -0.3 is 14.0 Å². The molecule has 0 amide bonds. The zero-order valence-corrected chi connectivity index (χ0v) is 43.6. The summed E-state index contributed by atoms with van der Waals surface area (Å²) in [5.41, 5.74) is -0.772. The van der Waals surface area contributed by atoms with Crippen LogP contribution in [0.15, 0.2) is 47.4 Å². The van der Waals surface area contributed by atoms with Crippen LogP contribution in [0.2, 0.25) is 0 Å². The molecular weight excluding hydrogens is 808 g/mol. The van der Waals surface area contributed by atoms with Crippen molar-refractivity contribution in [2.45, 2.75) is 250 Å². The number of esters is 2. The predicted molar refractivity (Wildman–Crippen MR) is 251 cm³/mol. The van der Waals surface area contributed by atoms with Gasteiger partial charge in [0.25, 0.3) is 0 Å². The molecule has 0 atom stereocenters. The topological polar surface area (TPSA) is 110 Å². The monoisotopic (exact) mass is 897 g/mol. The third-order valence-corrected chi connectivity index (χ3v) is 12.4. The van der Waals surface area contributed by atoms with Crippen LogP contribution in [0, 0.1) is 0 Å². The Morgan fingerprint density at radius 3 is 1.08 bits per heavy atom. The number of carbonyl (C=O) groups is 2. The van der Waals surface area contributed by atoms with Crippen molar-refractivity contribution in [3.63, 3.8) is 0 Å². The van der Waals surface area contributed by atoms with Crippen molar-refractivity contribution in [3.8, 4) is 0 Å². The first-order chi connectivity index (χ1) is 29.3. The van der Waals surface area contributed by atoms with E-state index in [-0.39, 0.29) is 70.2 Å². The average molecular weight is 897 g/mol. The van der Waals surface area contributed by atoms with Gasteiger partial charge in [-0.25, -0.2) is 18.0 Å². The summed E-state index contributed by atoms with van der Waals surface area (Å²) in [5, 5.41) is 0. The van der Waals surface area contributed by atoms with Gasteiger partial charge in [0, 0.05) is 0 Å². The molecule has 0 heterocycles. The van der Waals surface area contributed by atoms with Gasteiger partial charge in [0.15, 0.2) is 0 Å². The van der Waals surface area contributed by atoms with Crippen molar-refractivity contribution in [3.05, 3.63) is 53.6 Å². The first kappa shape index (κ1) is 60.2. The van der Waals surface area contributed by atoms with Crippen molar-refractivity contribution in [1.82, 2.24) is 0 Å². The number of carbonyl (C=O) groups excluding carboxylic acids is 2. The number of hydrogen-bond donors (Lipinski definition) is 0. The smallest absolute Gasteiger partial charge is 0.744 e. The minimum Gasteiger partial charge on any atom is -0.744 e. The molecule has 0 N–H and O–H groups in total. The van der Waals surface area contributed by atoms with Crippen LogP contribution in [0.25, 0.3) is 0 Å². The summed E-state index contributed by atoms with van der Waals surface area (Å²) in [6.45, 7) is 4.76. The van der Waals surface area contributed by atoms with Gasteiger partial charge in [-0.15, -0.1) is 0 Å². The normalized spacial score (nSPS) is 11.7. The second-order valence-corrected chi connectivity index (χ2v) is 18.5. The van der Waals surface area contributed by atoms with Gasteiger partial charge in [-0.05, 0) is 76.3 Å². The largest absolute Gasteiger partial charge is 1.00 e. The van der Waals surface area contributed by atoms with E-state index in [1.807, 2.05) is 0 Å². The van der Waals surface area contributed by atoms with E-state index in [9.17, 15) is 22.6 Å². The van der Waals surface area contributed by atoms with E-state index in [1.165, 1.54) is 192 Å². The van der Waals surface area contributed by atoms with E-state index >= 15 is 0 Å². The Bertz CT molecular complexity index is 1340. The maximum Gasteiger partial charge on any atom is 1.00 e. The molecule has 0 unspecified atom stereocenters. The van der Waals surface area contributed by atoms with Gasteiger partial charge in [0.1, 0.15) is 10.1 Å². The first-order valence-electron chi connectivity index (χ1n) is 25.1. The third kappa shape index (κ3) is 36.1. The van der Waals surface area contributed by atoms with E-state index in [0.717, 1.165) is 44.6 Å². The van der Waals surface area contributed by atoms with E-state index in [1.54, 1.807) is 0 Å². The Morgan fingerprint density at radius 2 is 0.754 bits per heavy atom. The molecule has 0 aliphatic rings. The first-order valence-corrected chi connectivity index (χ1v) is 26.5. The number of allylic oxidation sites excluding steroid dienone is 4. The third-order valence-electron chi connectivity index (χ3n) is 11.5. The quantitative estimate of drug-likeness (QED) is 0.0211. The van der Waals surface area contributed by atoms with E-state index < -0.39 is 32.5 Å². The number of unbranched alkanes of at least 4 members (excludes halogenated alkanes) is 32. The molecule has 9 heteroatoms. The van der Waals surface area contributed by atoms with Crippen molar-refractivity contribution >= 4 is 22.1 Å². The number of ether oxygens (including phenoxy) is 2. The van der Waals surface area contributed by atoms with Gasteiger partial charge in [0.05, 0.1) is 29.2 Å². The summed E-state index contributed by atoms with van der Waals surface area (Å²) >= 11 is 0. The summed E-state index contributed by atoms with van der Waals surface area (Å²) in [6, 6.07) is 3.64. The minimum atomic E-state index is -5.02. The number of benzene rings is 1. The molecule has 0 fully saturated rings. The Kier molecular flexibility index (Phi) is 43.8. The molecule has 7 nitrogen and oxygen atoms in total. The maximum absolute atomic E-state index is 13.1. The Morgan fingerprint density at radius 1 is 0.459 bits per heavy atom. The van der Waals surface area contributed by atoms with Crippen LogP contribution in [-0.2, 0) is 19.6 Å². The summed E-state index contributed by atoms with van der Waals surface area (Å²) < 4.78 is 46.9. The van der Waals surface area contributed by atoms with Crippen LogP contribution >= 0.6 is 0 Å². The van der Waals surface area contributed by atoms with Crippen LogP contribution in [-0.4, -0.2) is 38.1 Å². The Labute approximate surface area is 418 Å². The van der Waals surface area contributed by atoms with Gasteiger partial charge in [-0.2, -0.15) is 0 Å². The predicted octanol–water partition coefficient (Wildman–Crippen LogP) is 13.1. The van der Waals surface area contributed by atoms with Crippen molar-refractivity contribution in [2.75, 3.05) is 13.2 Å². The fourth-order valence-electron chi connectivity index (χ4n) is 7.71. The molecule has 0 aromatic heterocycles. The molecule has 0 bridgehead atoms. The SMILES string of the molecule is CCCCCC/C=C/CCCCCCCCCCCCCCOC(=O)c1cccc(S(=O)(=O)[O-])c1C(=O)OCCCCCCCCCCCCCC/C=C/CCCCCC.[K+]. The molecule has 0 radical (unpaired) electrons. The summed E-state index contributed by atoms with van der Waals surface area (Å²) in [4.78, 5) is 25.3. The van der Waals surface area contributed by atoms with Crippen LogP contribution in [0.5, 0.6) is 0 Å². The van der Waals surface area contributed by atoms with Gasteiger partial charge >= 0.3 is 63.3 Å². The van der Waals surface area contributed by atoms with Crippen LogP contribution in [0.4, 0.5) is 0 Å². The molecule has 1 aromatic carbocycles. The molecular formula is C52H89KO7S. The van der Waals surface area contributed by atoms with Crippen molar-refractivity contribution in [1.29, 1.82) is 0 Å². The molecule has 0 aliphatic heterocycles. The zero-order valence-electron chi connectivity index (χ0n) is 39.7. The van der Waals surface area contributed by atoms with Gasteiger partial charge in [-0.3, -0.25) is 0 Å². The minimum absolute atomic E-state index is 0. The average Bonchev–Trinajstić information content (AvgIpc) is 3.24. The number of rotatable bonds is 43. The van der Waals surface area contributed by atoms with E-state index in [2.05, 4.69) is 38.2 Å². The summed E-state index contributed by atoms with van der Waals surface area (Å²) in [7, 11) is -5.02. The number of hydrogen-bond acceptors (Lipinski definition) is 7. The van der Waals surface area contributed by atoms with Crippen LogP contribution in [0.3, 0.4) is 0 Å². The Balaban J connectivity index is 0.0000360. The maximum atomic E-state index is 13.1. The van der Waals surface area contributed by atoms with Gasteiger partial charge in [0.2, 0.25) is 0 Å². The van der Waals surface area contributed by atoms with E-state index in [0.29, 0.717) is 12.8 Å². The standard InChI is InChI=1S/C52H90O7S.K/c1-3-5-7-9-11-13-15-17-19-21-23-25-27-29-31-33-35-37-39-41-46-58-51(53)48-44-43-45-49(60(55,56)57)50(48)52(54)59-47-42-40-38-36-34-32-30-28-26-24-22-20-18-16-14-12-10-8-6-4-2;/h13-16,43-45H,3-12,17-42,46-47H2,1-2H3,(H,55,56,57);/q;+1/p-1/b15-13+,16-14+;. The van der Waals surface area contributed by atoms with Crippen LogP contribution in [0.1, 0.15) is 266 Å². The second-order valence-electron chi connectivity index (χ2n) is 17.1. The molecule has 61 heavy (non-hydrogen) atoms. The molecule has 0 saturated carbocycles. The van der Waals surface area contributed by atoms with Crippen molar-refractivity contribution in [2.24, 2.45) is 0 Å². The fraction of sp³-hybridized carbons (Fsp3) is 0.769. The van der Waals surface area contributed by atoms with Crippen molar-refractivity contribution < 1.29 is 83.4 Å². The second kappa shape index (κ2) is 44.4. The molecule has 0 aliphatic carbocycles. The zero-order chi connectivity index (χ0) is 43.6. The summed E-state index contributed by atoms with van der Waals surface area (Å²) in [6.07, 6.45) is 53.2. The Hall–Kier alpha value is -0.814. The molecule has 0 saturated heterocycles. The molecule has 1 aromatic rings. The molecule has 346 valence electrons. The summed E-state index contributed by atoms with van der Waals surface area (Å²) in [5.74, 6) is -1.81. The molecule has 1 rings (SSSR count). The molecule has 0 spiro atoms. The van der Waals surface area contributed by atoms with Gasteiger partial charge in [-0.1, -0.05) is 211 Å². The van der Waals surface area contributed by atoms with Crippen LogP contribution < -0.4 is 51.4 Å².